The molecule has 100 valence electrons. The van der Waals surface area contributed by atoms with E-state index in [2.05, 4.69) is 0 Å². The van der Waals surface area contributed by atoms with Gasteiger partial charge < -0.3 is 0 Å². The zero-order valence-electron chi connectivity index (χ0n) is 12.2. The van der Waals surface area contributed by atoms with Crippen LogP contribution in [0.15, 0.2) is 23.3 Å². The standard InChI is InChI=1S/C16H24O2/c1-6-11(2)14(17)12-7-9-13(10-8-12)15(18)16(3,4)5/h7,9,11H,6,8,10H2,1-5H3. The van der Waals surface area contributed by atoms with Crippen LogP contribution in [-0.2, 0) is 9.59 Å². The van der Waals surface area contributed by atoms with Crippen LogP contribution in [-0.4, -0.2) is 11.6 Å². The molecule has 0 saturated heterocycles. The number of allylic oxidation sites excluding steroid dienone is 4. The van der Waals surface area contributed by atoms with Crippen LogP contribution in [0.1, 0.15) is 53.9 Å². The smallest absolute Gasteiger partial charge is 0.164 e. The average Bonchev–Trinajstić information content (AvgIpc) is 2.35. The highest BCUT2D eigenvalue weighted by Crippen LogP contribution is 2.28. The first-order valence-corrected chi connectivity index (χ1v) is 6.76. The van der Waals surface area contributed by atoms with E-state index < -0.39 is 0 Å². The van der Waals surface area contributed by atoms with Crippen molar-refractivity contribution in [1.82, 2.24) is 0 Å². The van der Waals surface area contributed by atoms with Crippen molar-refractivity contribution in [2.75, 3.05) is 0 Å². The zero-order chi connectivity index (χ0) is 13.9. The summed E-state index contributed by atoms with van der Waals surface area (Å²) in [6.45, 7) is 9.78. The van der Waals surface area contributed by atoms with Gasteiger partial charge >= 0.3 is 0 Å². The summed E-state index contributed by atoms with van der Waals surface area (Å²) in [5.74, 6) is 0.509. The summed E-state index contributed by atoms with van der Waals surface area (Å²) in [6, 6.07) is 0. The van der Waals surface area contributed by atoms with Crippen molar-refractivity contribution in [3.05, 3.63) is 23.3 Å². The Morgan fingerprint density at radius 2 is 1.67 bits per heavy atom. The minimum Gasteiger partial charge on any atom is -0.294 e. The fourth-order valence-corrected chi connectivity index (χ4v) is 2.02. The van der Waals surface area contributed by atoms with Crippen LogP contribution in [0, 0.1) is 11.3 Å². The maximum absolute atomic E-state index is 12.1. The van der Waals surface area contributed by atoms with E-state index in [0.29, 0.717) is 12.8 Å². The molecule has 0 aromatic carbocycles. The maximum Gasteiger partial charge on any atom is 0.164 e. The highest BCUT2D eigenvalue weighted by Gasteiger charge is 2.27. The van der Waals surface area contributed by atoms with Gasteiger partial charge in [0.25, 0.3) is 0 Å². The third kappa shape index (κ3) is 3.41. The van der Waals surface area contributed by atoms with Gasteiger partial charge in [-0.05, 0) is 30.4 Å². The van der Waals surface area contributed by atoms with Crippen LogP contribution < -0.4 is 0 Å². The van der Waals surface area contributed by atoms with Crippen molar-refractivity contribution < 1.29 is 9.59 Å². The van der Waals surface area contributed by atoms with Gasteiger partial charge in [-0.2, -0.15) is 0 Å². The second kappa shape index (κ2) is 5.64. The minimum atomic E-state index is -0.335. The third-order valence-corrected chi connectivity index (χ3v) is 3.50. The molecule has 0 saturated carbocycles. The van der Waals surface area contributed by atoms with Gasteiger partial charge in [-0.25, -0.2) is 0 Å². The van der Waals surface area contributed by atoms with Crippen LogP contribution >= 0.6 is 0 Å². The lowest BCUT2D eigenvalue weighted by molar-refractivity contribution is -0.123. The monoisotopic (exact) mass is 248 g/mol. The Morgan fingerprint density at radius 3 is 2.06 bits per heavy atom. The summed E-state index contributed by atoms with van der Waals surface area (Å²) in [7, 11) is 0. The van der Waals surface area contributed by atoms with Gasteiger partial charge in [0.05, 0.1) is 0 Å². The molecule has 0 fully saturated rings. The van der Waals surface area contributed by atoms with Gasteiger partial charge in [-0.1, -0.05) is 46.8 Å². The number of ketones is 2. The minimum absolute atomic E-state index is 0.0875. The molecule has 0 aliphatic heterocycles. The van der Waals surface area contributed by atoms with Gasteiger partial charge in [-0.3, -0.25) is 9.59 Å². The third-order valence-electron chi connectivity index (χ3n) is 3.50. The fourth-order valence-electron chi connectivity index (χ4n) is 2.02. The molecule has 0 radical (unpaired) electrons. The largest absolute Gasteiger partial charge is 0.294 e. The van der Waals surface area contributed by atoms with E-state index in [-0.39, 0.29) is 22.9 Å². The fraction of sp³-hybridized carbons (Fsp3) is 0.625. The normalized spacial score (nSPS) is 17.8. The predicted octanol–water partition coefficient (Wildman–Crippen LogP) is 3.86. The molecule has 0 aromatic rings. The number of carbonyl (C=O) groups is 2. The molecule has 0 N–H and O–H groups in total. The molecule has 1 atom stereocenters. The Morgan fingerprint density at radius 1 is 1.17 bits per heavy atom. The summed E-state index contributed by atoms with van der Waals surface area (Å²) in [5, 5.41) is 0. The number of hydrogen-bond donors (Lipinski definition) is 0. The molecule has 2 nitrogen and oxygen atoms in total. The molecule has 0 bridgehead atoms. The molecule has 18 heavy (non-hydrogen) atoms. The molecule has 1 unspecified atom stereocenters. The summed E-state index contributed by atoms with van der Waals surface area (Å²) >= 11 is 0. The SMILES string of the molecule is CCC(C)C(=O)C1=CC=C(C(=O)C(C)(C)C)CC1. The van der Waals surface area contributed by atoms with E-state index in [1.807, 2.05) is 46.8 Å². The first-order chi connectivity index (χ1) is 8.27. The Kier molecular flexibility index (Phi) is 4.66. The topological polar surface area (TPSA) is 34.1 Å². The Bertz CT molecular complexity index is 405. The van der Waals surface area contributed by atoms with E-state index in [1.54, 1.807) is 0 Å². The highest BCUT2D eigenvalue weighted by molar-refractivity contribution is 6.02. The number of hydrogen-bond acceptors (Lipinski definition) is 2. The quantitative estimate of drug-likeness (QED) is 0.757. The van der Waals surface area contributed by atoms with Crippen LogP contribution in [0.4, 0.5) is 0 Å². The van der Waals surface area contributed by atoms with E-state index in [0.717, 1.165) is 17.6 Å². The molecule has 0 aromatic heterocycles. The van der Waals surface area contributed by atoms with Gasteiger partial charge in [0.2, 0.25) is 0 Å². The lowest BCUT2D eigenvalue weighted by Crippen LogP contribution is -2.23. The van der Waals surface area contributed by atoms with Gasteiger partial charge in [0.15, 0.2) is 11.6 Å². The van der Waals surface area contributed by atoms with Crippen molar-refractivity contribution in [2.24, 2.45) is 11.3 Å². The van der Waals surface area contributed by atoms with E-state index in [9.17, 15) is 9.59 Å². The van der Waals surface area contributed by atoms with Crippen LogP contribution in [0.25, 0.3) is 0 Å². The van der Waals surface area contributed by atoms with Crippen molar-refractivity contribution in [2.45, 2.75) is 53.9 Å². The van der Waals surface area contributed by atoms with Gasteiger partial charge in [0.1, 0.15) is 0 Å². The highest BCUT2D eigenvalue weighted by atomic mass is 16.1. The molecule has 1 rings (SSSR count). The summed E-state index contributed by atoms with van der Waals surface area (Å²) < 4.78 is 0. The second-order valence-corrected chi connectivity index (χ2v) is 6.14. The number of carbonyl (C=O) groups excluding carboxylic acids is 2. The van der Waals surface area contributed by atoms with Crippen molar-refractivity contribution in [3.8, 4) is 0 Å². The van der Waals surface area contributed by atoms with Crippen LogP contribution in [0.2, 0.25) is 0 Å². The number of rotatable bonds is 4. The second-order valence-electron chi connectivity index (χ2n) is 6.14. The van der Waals surface area contributed by atoms with Crippen LogP contribution in [0.3, 0.4) is 0 Å². The average molecular weight is 248 g/mol. The van der Waals surface area contributed by atoms with E-state index >= 15 is 0 Å². The van der Waals surface area contributed by atoms with Gasteiger partial charge in [-0.15, -0.1) is 0 Å². The van der Waals surface area contributed by atoms with E-state index in [4.69, 9.17) is 0 Å². The molecular formula is C16H24O2. The summed E-state index contributed by atoms with van der Waals surface area (Å²) in [6.07, 6.45) is 5.96. The lowest BCUT2D eigenvalue weighted by Gasteiger charge is -2.21. The molecule has 0 spiro atoms. The maximum atomic E-state index is 12.1. The first-order valence-electron chi connectivity index (χ1n) is 6.76. The van der Waals surface area contributed by atoms with Crippen molar-refractivity contribution in [1.29, 1.82) is 0 Å². The molecule has 0 heterocycles. The van der Waals surface area contributed by atoms with Gasteiger partial charge in [0, 0.05) is 11.3 Å². The summed E-state index contributed by atoms with van der Waals surface area (Å²) in [5.41, 5.74) is 1.38. The Hall–Kier alpha value is -1.18. The predicted molar refractivity (Wildman–Crippen MR) is 74.3 cm³/mol. The van der Waals surface area contributed by atoms with Crippen molar-refractivity contribution >= 4 is 11.6 Å². The Labute approximate surface area is 110 Å². The summed E-state index contributed by atoms with van der Waals surface area (Å²) in [4.78, 5) is 24.1. The Balaban J connectivity index is 2.83. The molecule has 2 heteroatoms. The lowest BCUT2D eigenvalue weighted by atomic mass is 9.81. The number of Topliss-reactive ketones (excluding diaryl/α,β-unsaturated/α-hetero) is 2. The molecule has 1 aliphatic carbocycles. The molecular weight excluding hydrogens is 224 g/mol. The zero-order valence-corrected chi connectivity index (χ0v) is 12.2. The first kappa shape index (κ1) is 14.9. The molecule has 1 aliphatic rings. The van der Waals surface area contributed by atoms with E-state index in [1.165, 1.54) is 0 Å². The molecule has 0 amide bonds. The van der Waals surface area contributed by atoms with Crippen LogP contribution in [0.5, 0.6) is 0 Å². The van der Waals surface area contributed by atoms with Crippen molar-refractivity contribution in [3.63, 3.8) is 0 Å².